The zero-order valence-corrected chi connectivity index (χ0v) is 11.1. The number of aryl methyl sites for hydroxylation is 1. The van der Waals surface area contributed by atoms with Gasteiger partial charge < -0.3 is 5.11 Å². The third kappa shape index (κ3) is 2.49. The van der Waals surface area contributed by atoms with Crippen LogP contribution in [0.3, 0.4) is 0 Å². The van der Waals surface area contributed by atoms with Crippen molar-refractivity contribution < 1.29 is 18.3 Å². The molecular formula is C12H16O4S. The molecule has 17 heavy (non-hydrogen) atoms. The molecule has 0 aliphatic carbocycles. The summed E-state index contributed by atoms with van der Waals surface area (Å²) in [6, 6.07) is 4.18. The summed E-state index contributed by atoms with van der Waals surface area (Å²) in [6.45, 7) is 6.39. The molecule has 0 heterocycles. The van der Waals surface area contributed by atoms with E-state index in [0.717, 1.165) is 0 Å². The normalized spacial score (nSPS) is 12.5. The average Bonchev–Trinajstić information content (AvgIpc) is 2.15. The highest BCUT2D eigenvalue weighted by Crippen LogP contribution is 2.26. The summed E-state index contributed by atoms with van der Waals surface area (Å²) in [5.41, 5.74) is 0.570. The van der Waals surface area contributed by atoms with E-state index in [-0.39, 0.29) is 10.5 Å². The lowest BCUT2D eigenvalue weighted by atomic mass is 10.1. The minimum absolute atomic E-state index is 0.0234. The minimum Gasteiger partial charge on any atom is -0.478 e. The number of carbonyl (C=O) groups is 1. The van der Waals surface area contributed by atoms with Crippen LogP contribution >= 0.6 is 0 Å². The number of rotatable bonds is 2. The molecular weight excluding hydrogens is 240 g/mol. The number of benzene rings is 1. The summed E-state index contributed by atoms with van der Waals surface area (Å²) in [6.07, 6.45) is 0. The fourth-order valence-corrected chi connectivity index (χ4v) is 2.58. The molecule has 4 nitrogen and oxygen atoms in total. The van der Waals surface area contributed by atoms with E-state index >= 15 is 0 Å². The van der Waals surface area contributed by atoms with Gasteiger partial charge in [-0.05, 0) is 45.4 Å². The molecule has 0 saturated carbocycles. The summed E-state index contributed by atoms with van der Waals surface area (Å²) in [5, 5.41) is 8.96. The predicted octanol–water partition coefficient (Wildman–Crippen LogP) is 2.27. The van der Waals surface area contributed by atoms with Crippen molar-refractivity contribution in [1.29, 1.82) is 0 Å². The third-order valence-electron chi connectivity index (χ3n) is 2.56. The second-order valence-electron chi connectivity index (χ2n) is 4.90. The van der Waals surface area contributed by atoms with E-state index in [2.05, 4.69) is 0 Å². The lowest BCUT2D eigenvalue weighted by molar-refractivity contribution is 0.0696. The molecule has 1 N–H and O–H groups in total. The van der Waals surface area contributed by atoms with Crippen LogP contribution in [0.4, 0.5) is 0 Å². The summed E-state index contributed by atoms with van der Waals surface area (Å²) in [7, 11) is -3.51. The molecule has 0 atom stereocenters. The lowest BCUT2D eigenvalue weighted by Crippen LogP contribution is -2.28. The van der Waals surface area contributed by atoms with Crippen LogP contribution in [0.5, 0.6) is 0 Å². The Morgan fingerprint density at radius 3 is 2.18 bits per heavy atom. The molecule has 0 unspecified atom stereocenters. The van der Waals surface area contributed by atoms with Gasteiger partial charge in [-0.15, -0.1) is 0 Å². The fourth-order valence-electron chi connectivity index (χ4n) is 1.35. The van der Waals surface area contributed by atoms with E-state index < -0.39 is 20.6 Å². The Balaban J connectivity index is 3.46. The Labute approximate surface area is 101 Å². The second-order valence-corrected chi connectivity index (χ2v) is 7.60. The Morgan fingerprint density at radius 1 is 1.24 bits per heavy atom. The summed E-state index contributed by atoms with van der Waals surface area (Å²) < 4.78 is 23.3. The molecule has 0 radical (unpaired) electrons. The molecule has 0 fully saturated rings. The van der Waals surface area contributed by atoms with Crippen molar-refractivity contribution in [2.24, 2.45) is 0 Å². The van der Waals surface area contributed by atoms with Gasteiger partial charge >= 0.3 is 5.97 Å². The number of sulfone groups is 1. The molecule has 0 aromatic heterocycles. The molecule has 94 valence electrons. The number of hydrogen-bond donors (Lipinski definition) is 1. The SMILES string of the molecule is Cc1ccc(S(=O)(=O)C(C)(C)C)cc1C(=O)O. The maximum absolute atomic E-state index is 12.1. The quantitative estimate of drug-likeness (QED) is 0.881. The molecule has 0 aliphatic heterocycles. The lowest BCUT2D eigenvalue weighted by Gasteiger charge is -2.19. The van der Waals surface area contributed by atoms with E-state index in [1.165, 1.54) is 18.2 Å². The van der Waals surface area contributed by atoms with Gasteiger partial charge in [0.05, 0.1) is 15.2 Å². The molecule has 1 aromatic carbocycles. The van der Waals surface area contributed by atoms with E-state index in [0.29, 0.717) is 5.56 Å². The second kappa shape index (κ2) is 4.14. The smallest absolute Gasteiger partial charge is 0.335 e. The predicted molar refractivity (Wildman–Crippen MR) is 65.1 cm³/mol. The van der Waals surface area contributed by atoms with Crippen LogP contribution in [0.1, 0.15) is 36.7 Å². The molecule has 0 amide bonds. The van der Waals surface area contributed by atoms with E-state index in [1.54, 1.807) is 27.7 Å². The van der Waals surface area contributed by atoms with E-state index in [9.17, 15) is 13.2 Å². The summed E-state index contributed by atoms with van der Waals surface area (Å²) in [4.78, 5) is 11.0. The van der Waals surface area contributed by atoms with Crippen LogP contribution in [-0.4, -0.2) is 24.2 Å². The highest BCUT2D eigenvalue weighted by Gasteiger charge is 2.31. The molecule has 0 spiro atoms. The number of aromatic carboxylic acids is 1. The van der Waals surface area contributed by atoms with Gasteiger partial charge in [-0.3, -0.25) is 0 Å². The zero-order valence-electron chi connectivity index (χ0n) is 10.3. The maximum Gasteiger partial charge on any atom is 0.335 e. The van der Waals surface area contributed by atoms with Crippen molar-refractivity contribution >= 4 is 15.8 Å². The Bertz CT molecular complexity index is 550. The molecule has 1 rings (SSSR count). The van der Waals surface area contributed by atoms with Crippen LogP contribution < -0.4 is 0 Å². The molecule has 0 bridgehead atoms. The molecule has 0 aliphatic rings. The average molecular weight is 256 g/mol. The maximum atomic E-state index is 12.1. The van der Waals surface area contributed by atoms with Crippen molar-refractivity contribution in [2.75, 3.05) is 0 Å². The highest BCUT2D eigenvalue weighted by atomic mass is 32.2. The van der Waals surface area contributed by atoms with Crippen LogP contribution in [0.25, 0.3) is 0 Å². The van der Waals surface area contributed by atoms with Crippen LogP contribution in [0.2, 0.25) is 0 Å². The Morgan fingerprint density at radius 2 is 1.76 bits per heavy atom. The van der Waals surface area contributed by atoms with Crippen LogP contribution in [0, 0.1) is 6.92 Å². The largest absolute Gasteiger partial charge is 0.478 e. The van der Waals surface area contributed by atoms with E-state index in [1.807, 2.05) is 0 Å². The topological polar surface area (TPSA) is 71.4 Å². The van der Waals surface area contributed by atoms with Gasteiger partial charge in [0.15, 0.2) is 9.84 Å². The van der Waals surface area contributed by atoms with Gasteiger partial charge in [0.1, 0.15) is 0 Å². The van der Waals surface area contributed by atoms with Gasteiger partial charge in [-0.1, -0.05) is 6.07 Å². The minimum atomic E-state index is -3.51. The number of carboxylic acid groups (broad SMARTS) is 1. The van der Waals surface area contributed by atoms with Crippen LogP contribution in [-0.2, 0) is 9.84 Å². The third-order valence-corrected chi connectivity index (χ3v) is 5.04. The standard InChI is InChI=1S/C12H16O4S/c1-8-5-6-9(7-10(8)11(13)14)17(15,16)12(2,3)4/h5-7H,1-4H3,(H,13,14). The summed E-state index contributed by atoms with van der Waals surface area (Å²) >= 11 is 0. The zero-order chi connectivity index (χ0) is 13.4. The molecule has 0 saturated heterocycles. The Hall–Kier alpha value is -1.36. The number of hydrogen-bond acceptors (Lipinski definition) is 3. The van der Waals surface area contributed by atoms with Crippen LogP contribution in [0.15, 0.2) is 23.1 Å². The van der Waals surface area contributed by atoms with Gasteiger partial charge in [-0.2, -0.15) is 0 Å². The van der Waals surface area contributed by atoms with Crippen molar-refractivity contribution in [1.82, 2.24) is 0 Å². The number of carboxylic acids is 1. The van der Waals surface area contributed by atoms with Crippen molar-refractivity contribution in [3.05, 3.63) is 29.3 Å². The van der Waals surface area contributed by atoms with Crippen molar-refractivity contribution in [2.45, 2.75) is 37.3 Å². The fraction of sp³-hybridized carbons (Fsp3) is 0.417. The summed E-state index contributed by atoms with van der Waals surface area (Å²) in [5.74, 6) is -1.12. The van der Waals surface area contributed by atoms with Crippen molar-refractivity contribution in [3.63, 3.8) is 0 Å². The monoisotopic (exact) mass is 256 g/mol. The highest BCUT2D eigenvalue weighted by molar-refractivity contribution is 7.92. The first-order valence-corrected chi connectivity index (χ1v) is 6.64. The Kier molecular flexibility index (Phi) is 3.34. The first kappa shape index (κ1) is 13.7. The van der Waals surface area contributed by atoms with Gasteiger partial charge in [0.25, 0.3) is 0 Å². The molecule has 1 aromatic rings. The van der Waals surface area contributed by atoms with Crippen molar-refractivity contribution in [3.8, 4) is 0 Å². The van der Waals surface area contributed by atoms with Gasteiger partial charge in [0, 0.05) is 0 Å². The van der Waals surface area contributed by atoms with Gasteiger partial charge in [0.2, 0.25) is 0 Å². The first-order chi connectivity index (χ1) is 7.57. The molecule has 5 heteroatoms. The van der Waals surface area contributed by atoms with E-state index in [4.69, 9.17) is 5.11 Å². The first-order valence-electron chi connectivity index (χ1n) is 5.16. The van der Waals surface area contributed by atoms with Gasteiger partial charge in [-0.25, -0.2) is 13.2 Å².